The Bertz CT molecular complexity index is 931. The minimum absolute atomic E-state index is 1.26. The molecule has 0 N–H and O–H groups in total. The fraction of sp³-hybridized carbons (Fsp3) is 1.00. The molecule has 284 valence electrons. The van der Waals surface area contributed by atoms with Crippen LogP contribution in [-0.4, -0.2) is 88.3 Å². The van der Waals surface area contributed by atoms with Gasteiger partial charge in [-0.15, -0.1) is 0 Å². The highest BCUT2D eigenvalue weighted by Crippen LogP contribution is 2.62. The zero-order valence-electron chi connectivity index (χ0n) is 21.4. The lowest BCUT2D eigenvalue weighted by molar-refractivity contribution is -0.458. The van der Waals surface area contributed by atoms with E-state index in [0.29, 0.717) is 0 Å². The van der Waals surface area contributed by atoms with E-state index in [1.54, 1.807) is 0 Å². The van der Waals surface area contributed by atoms with Crippen LogP contribution in [0.5, 0.6) is 0 Å². The molecule has 0 saturated heterocycles. The molecule has 47 heavy (non-hydrogen) atoms. The van der Waals surface area contributed by atoms with Gasteiger partial charge in [-0.1, -0.05) is 0 Å². The largest absolute Gasteiger partial charge is 0.434 e. The quantitative estimate of drug-likeness (QED) is 0.190. The van der Waals surface area contributed by atoms with Crippen molar-refractivity contribution in [2.24, 2.45) is 0 Å². The summed E-state index contributed by atoms with van der Waals surface area (Å²) >= 11 is 0. The first-order chi connectivity index (χ1) is 19.6. The zero-order chi connectivity index (χ0) is 39.1. The van der Waals surface area contributed by atoms with Gasteiger partial charge < -0.3 is 13.3 Å². The zero-order valence-corrected chi connectivity index (χ0v) is 23.4. The predicted octanol–water partition coefficient (Wildman–Crippen LogP) is 9.67. The van der Waals surface area contributed by atoms with Gasteiger partial charge in [-0.05, 0) is 19.6 Å². The van der Waals surface area contributed by atoms with Crippen LogP contribution in [0.4, 0.5) is 119 Å². The van der Waals surface area contributed by atoms with Crippen molar-refractivity contribution in [3.63, 3.8) is 0 Å². The molecule has 0 aromatic heterocycles. The molecule has 0 spiro atoms. The van der Waals surface area contributed by atoms with E-state index in [1.165, 1.54) is 0 Å². The average Bonchev–Trinajstić information content (AvgIpc) is 2.65. The SMILES string of the molecule is C[Si](C)(OC(C(F)(F)F)(C(F)(F)F)C(F)(F)F)[Si](C)(OC(C(F)(F)F)(C(F)(F)F)C(F)(F)F)OC(C(F)(F)F)(C(F)(F)F)C(F)(F)F. The minimum Gasteiger partial charge on any atom is -0.387 e. The molecule has 0 fully saturated rings. The van der Waals surface area contributed by atoms with Gasteiger partial charge in [0.05, 0.1) is 0 Å². The van der Waals surface area contributed by atoms with E-state index in [2.05, 4.69) is 13.3 Å². The van der Waals surface area contributed by atoms with Gasteiger partial charge in [-0.3, -0.25) is 0 Å². The Kier molecular flexibility index (Phi) is 11.1. The molecule has 0 aliphatic heterocycles. The molecule has 0 aromatic carbocycles. The summed E-state index contributed by atoms with van der Waals surface area (Å²) in [5.74, 6) is 0. The van der Waals surface area contributed by atoms with Crippen molar-refractivity contribution in [1.29, 1.82) is 0 Å². The van der Waals surface area contributed by atoms with Crippen molar-refractivity contribution < 1.29 is 132 Å². The van der Waals surface area contributed by atoms with Crippen molar-refractivity contribution >= 4 is 15.9 Å². The van der Waals surface area contributed by atoms with Crippen LogP contribution in [0.15, 0.2) is 0 Å². The molecule has 3 nitrogen and oxygen atoms in total. The second-order valence-electron chi connectivity index (χ2n) is 9.29. The van der Waals surface area contributed by atoms with Gasteiger partial charge in [-0.2, -0.15) is 119 Å². The third-order valence-corrected chi connectivity index (χ3v) is 17.7. The van der Waals surface area contributed by atoms with Crippen LogP contribution in [0.2, 0.25) is 19.6 Å². The van der Waals surface area contributed by atoms with E-state index in [4.69, 9.17) is 0 Å². The van der Waals surface area contributed by atoms with Gasteiger partial charge >= 0.3 is 80.5 Å². The highest BCUT2D eigenvalue weighted by atomic mass is 29.3. The first kappa shape index (κ1) is 45.4. The molecular weight excluding hydrogens is 797 g/mol. The van der Waals surface area contributed by atoms with Crippen molar-refractivity contribution in [2.75, 3.05) is 0 Å². The van der Waals surface area contributed by atoms with Gasteiger partial charge in [0.15, 0.2) is 0 Å². The lowest BCUT2D eigenvalue weighted by atomic mass is 10.0. The highest BCUT2D eigenvalue weighted by Gasteiger charge is 2.93. The fourth-order valence-corrected chi connectivity index (χ4v) is 10.4. The predicted molar refractivity (Wildman–Crippen MR) is 95.0 cm³/mol. The number of alkyl halides is 27. The molecule has 0 radical (unpaired) electrons. The summed E-state index contributed by atoms with van der Waals surface area (Å²) in [6.45, 7) is -4.22. The Hall–Kier alpha value is -1.58. The summed E-state index contributed by atoms with van der Waals surface area (Å²) in [7, 11) is -17.2. The Balaban J connectivity index is 8.91. The molecule has 0 unspecified atom stereocenters. The third kappa shape index (κ3) is 7.06. The number of hydrogen-bond donors (Lipinski definition) is 0. The second kappa shape index (κ2) is 11.5. The van der Waals surface area contributed by atoms with E-state index in [-0.39, 0.29) is 0 Å². The van der Waals surface area contributed by atoms with Gasteiger partial charge in [0.2, 0.25) is 7.83 Å². The van der Waals surface area contributed by atoms with Crippen LogP contribution < -0.4 is 0 Å². The van der Waals surface area contributed by atoms with Gasteiger partial charge in [0.25, 0.3) is 0 Å². The summed E-state index contributed by atoms with van der Waals surface area (Å²) in [5, 5.41) is 0. The minimum atomic E-state index is -9.16. The van der Waals surface area contributed by atoms with Crippen molar-refractivity contribution in [1.82, 2.24) is 0 Å². The summed E-state index contributed by atoms with van der Waals surface area (Å²) in [6, 6.07) is 0. The summed E-state index contributed by atoms with van der Waals surface area (Å²) in [5.41, 5.74) is -25.2. The van der Waals surface area contributed by atoms with Crippen molar-refractivity contribution in [3.05, 3.63) is 0 Å². The molecule has 32 heteroatoms. The monoisotopic (exact) mass is 806 g/mol. The van der Waals surface area contributed by atoms with Crippen LogP contribution >= 0.6 is 0 Å². The van der Waals surface area contributed by atoms with E-state index >= 15 is 0 Å². The number of rotatable bonds is 7. The lowest BCUT2D eigenvalue weighted by Gasteiger charge is -2.52. The van der Waals surface area contributed by atoms with Gasteiger partial charge in [0, 0.05) is 0 Å². The Labute approximate surface area is 241 Å². The van der Waals surface area contributed by atoms with Crippen LogP contribution in [0.3, 0.4) is 0 Å². The summed E-state index contributed by atoms with van der Waals surface area (Å²) in [4.78, 5) is 0. The van der Waals surface area contributed by atoms with Gasteiger partial charge in [0.1, 0.15) is 0 Å². The van der Waals surface area contributed by atoms with Crippen molar-refractivity contribution in [3.8, 4) is 0 Å². The molecule has 0 amide bonds. The van der Waals surface area contributed by atoms with Crippen molar-refractivity contribution in [2.45, 2.75) is 92.0 Å². The maximum atomic E-state index is 13.5. The van der Waals surface area contributed by atoms with E-state index < -0.39 is 108 Å². The average molecular weight is 806 g/mol. The lowest BCUT2D eigenvalue weighted by Crippen LogP contribution is -2.83. The van der Waals surface area contributed by atoms with Gasteiger partial charge in [-0.25, -0.2) is 0 Å². The van der Waals surface area contributed by atoms with Crippen LogP contribution in [0.1, 0.15) is 0 Å². The molecule has 0 aliphatic carbocycles. The van der Waals surface area contributed by atoms with Crippen LogP contribution in [-0.2, 0) is 13.3 Å². The third-order valence-electron chi connectivity index (χ3n) is 5.79. The number of hydrogen-bond acceptors (Lipinski definition) is 3. The first-order valence-corrected chi connectivity index (χ1v) is 16.6. The normalized spacial score (nSPS) is 17.0. The van der Waals surface area contributed by atoms with Crippen LogP contribution in [0, 0.1) is 0 Å². The molecule has 0 heterocycles. The maximum Gasteiger partial charge on any atom is 0.434 e. The Morgan fingerprint density at radius 1 is 0.255 bits per heavy atom. The molecule has 0 aromatic rings. The molecule has 0 saturated carbocycles. The van der Waals surface area contributed by atoms with E-state index in [0.717, 1.165) is 0 Å². The first-order valence-electron chi connectivity index (χ1n) is 10.3. The standard InChI is InChI=1S/C15H9F27O3Si2/c1-46(2,43-4(7(16,17)18,8(19,20)21)9(22,23)24)47(3,44-5(10(25,26)27,11(28,29)30)12(31,32)33)45-6(13(34,35)36,14(37,38)39)15(40,41)42/h1-3H3. The molecule has 0 atom stereocenters. The molecule has 0 bridgehead atoms. The Morgan fingerprint density at radius 2 is 0.383 bits per heavy atom. The Morgan fingerprint density at radius 3 is 0.511 bits per heavy atom. The van der Waals surface area contributed by atoms with E-state index in [1.807, 2.05) is 0 Å². The van der Waals surface area contributed by atoms with E-state index in [9.17, 15) is 119 Å². The second-order valence-corrected chi connectivity index (χ2v) is 21.1. The molecular formula is C15H9F27O3Si2. The fourth-order valence-electron chi connectivity index (χ4n) is 3.29. The summed E-state index contributed by atoms with van der Waals surface area (Å²) in [6.07, 6.45) is -75.5. The topological polar surface area (TPSA) is 27.7 Å². The molecule has 0 aliphatic rings. The smallest absolute Gasteiger partial charge is 0.387 e. The number of halogens is 27. The highest BCUT2D eigenvalue weighted by molar-refractivity contribution is 7.33. The molecule has 0 rings (SSSR count). The summed E-state index contributed by atoms with van der Waals surface area (Å²) < 4.78 is 371. The maximum absolute atomic E-state index is 13.5. The van der Waals surface area contributed by atoms with Crippen LogP contribution in [0.25, 0.3) is 0 Å².